The van der Waals surface area contributed by atoms with Crippen LogP contribution in [0, 0.1) is 13.8 Å². The first kappa shape index (κ1) is 18.5. The molecule has 0 amide bonds. The van der Waals surface area contributed by atoms with Gasteiger partial charge in [0, 0.05) is 10.4 Å². The highest BCUT2D eigenvalue weighted by Gasteiger charge is 2.18. The topological polar surface area (TPSA) is 37.8 Å². The molecule has 136 valence electrons. The molecule has 4 rings (SSSR count). The van der Waals surface area contributed by atoms with Crippen molar-refractivity contribution in [1.29, 1.82) is 0 Å². The third-order valence-corrected chi connectivity index (χ3v) is 6.32. The first-order valence-electron chi connectivity index (χ1n) is 8.16. The van der Waals surface area contributed by atoms with Gasteiger partial charge in [-0.2, -0.15) is 0 Å². The standard InChI is InChI=1S/C20H14Cl3N3S/c1-10-3-5-12(6-4-10)17-11(2)27-20-18(17)19(24-9-25-20)26-16-8-14(22)13(21)7-15(16)23/h3-9H,1-2H3,(H,24,25,26). The molecule has 0 bridgehead atoms. The summed E-state index contributed by atoms with van der Waals surface area (Å²) in [6.07, 6.45) is 1.55. The molecule has 1 N–H and O–H groups in total. The Morgan fingerprint density at radius 1 is 0.889 bits per heavy atom. The van der Waals surface area contributed by atoms with Gasteiger partial charge in [-0.3, -0.25) is 0 Å². The van der Waals surface area contributed by atoms with Crippen LogP contribution in [0.15, 0.2) is 42.7 Å². The molecule has 4 aromatic rings. The summed E-state index contributed by atoms with van der Waals surface area (Å²) in [5.74, 6) is 0.681. The first-order chi connectivity index (χ1) is 12.9. The minimum absolute atomic E-state index is 0.409. The van der Waals surface area contributed by atoms with Gasteiger partial charge in [-0.25, -0.2) is 9.97 Å². The van der Waals surface area contributed by atoms with E-state index in [1.165, 1.54) is 10.4 Å². The van der Waals surface area contributed by atoms with E-state index in [0.717, 1.165) is 21.3 Å². The predicted molar refractivity (Wildman–Crippen MR) is 117 cm³/mol. The third-order valence-electron chi connectivity index (χ3n) is 4.27. The van der Waals surface area contributed by atoms with Crippen molar-refractivity contribution in [3.8, 4) is 11.1 Å². The number of halogens is 3. The first-order valence-corrected chi connectivity index (χ1v) is 10.1. The highest BCUT2D eigenvalue weighted by Crippen LogP contribution is 2.42. The Morgan fingerprint density at radius 3 is 2.33 bits per heavy atom. The van der Waals surface area contributed by atoms with Crippen molar-refractivity contribution in [2.75, 3.05) is 5.32 Å². The fourth-order valence-corrected chi connectivity index (χ4v) is 4.56. The Bertz CT molecular complexity index is 1150. The Hall–Kier alpha value is -1.85. The Labute approximate surface area is 175 Å². The molecule has 0 saturated heterocycles. The van der Waals surface area contributed by atoms with E-state index in [9.17, 15) is 0 Å². The van der Waals surface area contributed by atoms with Gasteiger partial charge in [-0.1, -0.05) is 64.6 Å². The summed E-state index contributed by atoms with van der Waals surface area (Å²) in [7, 11) is 0. The van der Waals surface area contributed by atoms with Crippen molar-refractivity contribution < 1.29 is 0 Å². The van der Waals surface area contributed by atoms with Gasteiger partial charge in [0.15, 0.2) is 0 Å². The van der Waals surface area contributed by atoms with E-state index in [0.29, 0.717) is 26.6 Å². The normalized spacial score (nSPS) is 11.1. The van der Waals surface area contributed by atoms with Crippen LogP contribution in [0.4, 0.5) is 11.5 Å². The molecular weight excluding hydrogens is 421 g/mol. The van der Waals surface area contributed by atoms with Crippen LogP contribution in [0.2, 0.25) is 15.1 Å². The Morgan fingerprint density at radius 2 is 1.59 bits per heavy atom. The molecule has 7 heteroatoms. The number of thiophene rings is 1. The molecule has 0 spiro atoms. The van der Waals surface area contributed by atoms with Crippen molar-refractivity contribution in [1.82, 2.24) is 9.97 Å². The van der Waals surface area contributed by atoms with Crippen molar-refractivity contribution in [3.05, 3.63) is 68.2 Å². The smallest absolute Gasteiger partial charge is 0.143 e. The molecule has 0 unspecified atom stereocenters. The Kier molecular flexibility index (Phi) is 4.99. The van der Waals surface area contributed by atoms with Crippen molar-refractivity contribution in [2.24, 2.45) is 0 Å². The molecule has 2 heterocycles. The summed E-state index contributed by atoms with van der Waals surface area (Å²) in [5.41, 5.74) is 4.11. The fraction of sp³-hybridized carbons (Fsp3) is 0.100. The highest BCUT2D eigenvalue weighted by atomic mass is 35.5. The molecule has 3 nitrogen and oxygen atoms in total. The van der Waals surface area contributed by atoms with Crippen molar-refractivity contribution in [2.45, 2.75) is 13.8 Å². The molecule has 0 saturated carbocycles. The van der Waals surface area contributed by atoms with E-state index in [-0.39, 0.29) is 0 Å². The number of hydrogen-bond acceptors (Lipinski definition) is 4. The monoisotopic (exact) mass is 433 g/mol. The lowest BCUT2D eigenvalue weighted by atomic mass is 10.0. The van der Waals surface area contributed by atoms with Crippen molar-refractivity contribution in [3.63, 3.8) is 0 Å². The molecule has 0 aliphatic carbocycles. The van der Waals surface area contributed by atoms with Gasteiger partial charge < -0.3 is 5.32 Å². The maximum absolute atomic E-state index is 6.34. The van der Waals surface area contributed by atoms with E-state index < -0.39 is 0 Å². The number of hydrogen-bond donors (Lipinski definition) is 1. The second-order valence-electron chi connectivity index (χ2n) is 6.17. The van der Waals surface area contributed by atoms with Gasteiger partial charge in [0.2, 0.25) is 0 Å². The van der Waals surface area contributed by atoms with Crippen LogP contribution < -0.4 is 5.32 Å². The zero-order chi connectivity index (χ0) is 19.1. The lowest BCUT2D eigenvalue weighted by Crippen LogP contribution is -1.97. The number of fused-ring (bicyclic) bond motifs is 1. The van der Waals surface area contributed by atoms with Crippen LogP contribution in [0.1, 0.15) is 10.4 Å². The summed E-state index contributed by atoms with van der Waals surface area (Å²) < 4.78 is 0. The third kappa shape index (κ3) is 3.50. The van der Waals surface area contributed by atoms with Gasteiger partial charge in [0.25, 0.3) is 0 Å². The van der Waals surface area contributed by atoms with E-state index in [4.69, 9.17) is 34.8 Å². The second kappa shape index (κ2) is 7.28. The number of benzene rings is 2. The molecular formula is C20H14Cl3N3S. The zero-order valence-electron chi connectivity index (χ0n) is 14.5. The van der Waals surface area contributed by atoms with Gasteiger partial charge >= 0.3 is 0 Å². The molecule has 2 aromatic carbocycles. The molecule has 0 atom stereocenters. The maximum Gasteiger partial charge on any atom is 0.143 e. The molecule has 27 heavy (non-hydrogen) atoms. The van der Waals surface area contributed by atoms with Crippen molar-refractivity contribution >= 4 is 67.9 Å². The number of aromatic nitrogens is 2. The number of aryl methyl sites for hydroxylation is 2. The zero-order valence-corrected chi connectivity index (χ0v) is 17.6. The second-order valence-corrected chi connectivity index (χ2v) is 8.60. The molecule has 0 fully saturated rings. The lowest BCUT2D eigenvalue weighted by molar-refractivity contribution is 1.23. The van der Waals surface area contributed by atoms with Gasteiger partial charge in [0.05, 0.1) is 26.1 Å². The summed E-state index contributed by atoms with van der Waals surface area (Å²) in [6, 6.07) is 11.8. The number of rotatable bonds is 3. The SMILES string of the molecule is Cc1ccc(-c2c(C)sc3ncnc(Nc4cc(Cl)c(Cl)cc4Cl)c23)cc1. The molecule has 0 aliphatic rings. The predicted octanol–water partition coefficient (Wildman–Crippen LogP) is 7.68. The summed E-state index contributed by atoms with van der Waals surface area (Å²) >= 11 is 20.2. The van der Waals surface area contributed by atoms with Crippen LogP contribution >= 0.6 is 46.1 Å². The summed E-state index contributed by atoms with van der Waals surface area (Å²) in [6.45, 7) is 4.17. The van der Waals surface area contributed by atoms with Gasteiger partial charge in [-0.15, -0.1) is 11.3 Å². The van der Waals surface area contributed by atoms with Crippen LogP contribution in [-0.2, 0) is 0 Å². The summed E-state index contributed by atoms with van der Waals surface area (Å²) in [5, 5.41) is 5.57. The fourth-order valence-electron chi connectivity index (χ4n) is 2.95. The average Bonchev–Trinajstić information content (AvgIpc) is 2.97. The average molecular weight is 435 g/mol. The number of anilines is 2. The van der Waals surface area contributed by atoms with Crippen LogP contribution in [-0.4, -0.2) is 9.97 Å². The van der Waals surface area contributed by atoms with E-state index in [2.05, 4.69) is 53.4 Å². The van der Waals surface area contributed by atoms with Crippen LogP contribution in [0.5, 0.6) is 0 Å². The molecule has 0 radical (unpaired) electrons. The quantitative estimate of drug-likeness (QED) is 0.336. The van der Waals surface area contributed by atoms with E-state index >= 15 is 0 Å². The van der Waals surface area contributed by atoms with Crippen LogP contribution in [0.3, 0.4) is 0 Å². The maximum atomic E-state index is 6.34. The largest absolute Gasteiger partial charge is 0.338 e. The number of nitrogens with zero attached hydrogens (tertiary/aromatic N) is 2. The van der Waals surface area contributed by atoms with E-state index in [1.54, 1.807) is 29.8 Å². The minimum atomic E-state index is 0.409. The van der Waals surface area contributed by atoms with Crippen LogP contribution in [0.25, 0.3) is 21.3 Å². The lowest BCUT2D eigenvalue weighted by Gasteiger charge is -2.11. The van der Waals surface area contributed by atoms with Gasteiger partial charge in [-0.05, 0) is 31.5 Å². The Balaban J connectivity index is 1.89. The number of nitrogens with one attached hydrogen (secondary N) is 1. The molecule has 0 aliphatic heterocycles. The minimum Gasteiger partial charge on any atom is -0.338 e. The molecule has 2 aromatic heterocycles. The summed E-state index contributed by atoms with van der Waals surface area (Å²) in [4.78, 5) is 11.0. The van der Waals surface area contributed by atoms with E-state index in [1.807, 2.05) is 0 Å². The highest BCUT2D eigenvalue weighted by molar-refractivity contribution is 7.19. The van der Waals surface area contributed by atoms with Gasteiger partial charge in [0.1, 0.15) is 17.0 Å².